The lowest BCUT2D eigenvalue weighted by atomic mass is 10.2. The molecule has 2 aromatic rings. The Morgan fingerprint density at radius 3 is 2.39 bits per heavy atom. The van der Waals surface area contributed by atoms with Crippen molar-refractivity contribution in [1.82, 2.24) is 10.0 Å². The predicted molar refractivity (Wildman–Crippen MR) is 118 cm³/mol. The molecule has 0 atom stereocenters. The van der Waals surface area contributed by atoms with E-state index in [1.165, 1.54) is 25.3 Å². The van der Waals surface area contributed by atoms with Crippen LogP contribution in [0.15, 0.2) is 41.3 Å². The molecule has 10 heteroatoms. The van der Waals surface area contributed by atoms with Crippen LogP contribution in [0.4, 0.5) is 0 Å². The molecule has 2 rings (SSSR count). The molecule has 0 aliphatic rings. The zero-order valence-electron chi connectivity index (χ0n) is 17.7. The molecule has 0 unspecified atom stereocenters. The summed E-state index contributed by atoms with van der Waals surface area (Å²) in [5, 5.41) is 2.84. The van der Waals surface area contributed by atoms with Gasteiger partial charge in [0.1, 0.15) is 5.75 Å². The number of hydrogen-bond donors (Lipinski definition) is 2. The number of benzene rings is 2. The van der Waals surface area contributed by atoms with Crippen molar-refractivity contribution in [2.45, 2.75) is 31.2 Å². The Morgan fingerprint density at radius 1 is 1.03 bits per heavy atom. The molecule has 0 aliphatic carbocycles. The summed E-state index contributed by atoms with van der Waals surface area (Å²) in [5.74, 6) is 1.03. The molecule has 31 heavy (non-hydrogen) atoms. The molecule has 0 aliphatic heterocycles. The summed E-state index contributed by atoms with van der Waals surface area (Å²) >= 11 is 6.14. The van der Waals surface area contributed by atoms with Crippen LogP contribution in [0.5, 0.6) is 17.2 Å². The molecule has 0 spiro atoms. The summed E-state index contributed by atoms with van der Waals surface area (Å²) in [5.41, 5.74) is 0.828. The topological polar surface area (TPSA) is 103 Å². The molecule has 0 radical (unpaired) electrons. The fraction of sp³-hybridized carbons (Fsp3) is 0.381. The Kier molecular flexibility index (Phi) is 9.42. The normalized spacial score (nSPS) is 11.1. The molecule has 0 heterocycles. The van der Waals surface area contributed by atoms with Crippen molar-refractivity contribution in [3.05, 3.63) is 47.0 Å². The largest absolute Gasteiger partial charge is 0.493 e. The van der Waals surface area contributed by atoms with Crippen LogP contribution < -0.4 is 24.2 Å². The second-order valence-electron chi connectivity index (χ2n) is 6.60. The van der Waals surface area contributed by atoms with Crippen LogP contribution >= 0.6 is 11.6 Å². The highest BCUT2D eigenvalue weighted by molar-refractivity contribution is 7.89. The van der Waals surface area contributed by atoms with Crippen LogP contribution in [0.2, 0.25) is 5.02 Å². The smallest absolute Gasteiger partial charge is 0.258 e. The number of nitrogens with one attached hydrogen (secondary N) is 2. The summed E-state index contributed by atoms with van der Waals surface area (Å²) in [7, 11) is -0.556. The highest BCUT2D eigenvalue weighted by Crippen LogP contribution is 2.28. The molecule has 0 saturated heterocycles. The van der Waals surface area contributed by atoms with Crippen LogP contribution in [0.3, 0.4) is 0 Å². The molecule has 8 nitrogen and oxygen atoms in total. The third kappa shape index (κ3) is 7.30. The van der Waals surface area contributed by atoms with Gasteiger partial charge < -0.3 is 19.5 Å². The molecule has 2 aromatic carbocycles. The minimum atomic E-state index is -3.64. The average Bonchev–Trinajstić information content (AvgIpc) is 2.76. The first-order valence-corrected chi connectivity index (χ1v) is 11.6. The van der Waals surface area contributed by atoms with Gasteiger partial charge in [-0.25, -0.2) is 13.1 Å². The Bertz CT molecular complexity index is 997. The van der Waals surface area contributed by atoms with Crippen LogP contribution in [-0.2, 0) is 21.4 Å². The SMILES string of the molecule is CCCCNS(=O)(=O)c1ccc(OCC(=O)NCc2ccc(OC)c(OC)c2)c(Cl)c1. The maximum Gasteiger partial charge on any atom is 0.258 e. The first-order valence-electron chi connectivity index (χ1n) is 9.70. The third-order valence-corrected chi connectivity index (χ3v) is 6.09. The van der Waals surface area contributed by atoms with Crippen LogP contribution in [0.1, 0.15) is 25.3 Å². The highest BCUT2D eigenvalue weighted by atomic mass is 35.5. The number of carbonyl (C=O) groups excluding carboxylic acids is 1. The number of hydrogen-bond acceptors (Lipinski definition) is 6. The number of sulfonamides is 1. The van der Waals surface area contributed by atoms with Crippen LogP contribution in [0, 0.1) is 0 Å². The van der Waals surface area contributed by atoms with E-state index in [9.17, 15) is 13.2 Å². The van der Waals surface area contributed by atoms with Crippen molar-refractivity contribution in [2.24, 2.45) is 0 Å². The minimum Gasteiger partial charge on any atom is -0.493 e. The van der Waals surface area contributed by atoms with E-state index >= 15 is 0 Å². The fourth-order valence-electron chi connectivity index (χ4n) is 2.62. The number of rotatable bonds is 12. The molecule has 170 valence electrons. The van der Waals surface area contributed by atoms with Gasteiger partial charge in [0.15, 0.2) is 18.1 Å². The van der Waals surface area contributed by atoms with E-state index in [0.717, 1.165) is 18.4 Å². The molecular weight excluding hydrogens is 444 g/mol. The molecule has 0 bridgehead atoms. The van der Waals surface area contributed by atoms with Gasteiger partial charge >= 0.3 is 0 Å². The monoisotopic (exact) mass is 470 g/mol. The Labute approximate surface area is 187 Å². The molecule has 0 fully saturated rings. The number of halogens is 1. The summed E-state index contributed by atoms with van der Waals surface area (Å²) in [6, 6.07) is 9.45. The van der Waals surface area contributed by atoms with E-state index in [2.05, 4.69) is 10.0 Å². The van der Waals surface area contributed by atoms with E-state index in [1.807, 2.05) is 13.0 Å². The third-order valence-electron chi connectivity index (χ3n) is 4.33. The van der Waals surface area contributed by atoms with E-state index in [1.54, 1.807) is 19.2 Å². The molecular formula is C21H27ClN2O6S. The lowest BCUT2D eigenvalue weighted by Gasteiger charge is -2.12. The van der Waals surface area contributed by atoms with E-state index in [0.29, 0.717) is 18.0 Å². The average molecular weight is 471 g/mol. The standard InChI is InChI=1S/C21H27ClN2O6S/c1-4-5-10-24-31(26,27)16-7-9-18(17(22)12-16)30-14-21(25)23-13-15-6-8-19(28-2)20(11-15)29-3/h6-9,11-12,24H,4-5,10,13-14H2,1-3H3,(H,23,25). The Morgan fingerprint density at radius 2 is 1.74 bits per heavy atom. The first-order chi connectivity index (χ1) is 14.8. The van der Waals surface area contributed by atoms with Gasteiger partial charge in [-0.3, -0.25) is 4.79 Å². The lowest BCUT2D eigenvalue weighted by Crippen LogP contribution is -2.28. The quantitative estimate of drug-likeness (QED) is 0.462. The van der Waals surface area contributed by atoms with Crippen molar-refractivity contribution in [1.29, 1.82) is 0 Å². The maximum atomic E-state index is 12.3. The summed E-state index contributed by atoms with van der Waals surface area (Å²) in [4.78, 5) is 12.2. The first kappa shape index (κ1) is 24.8. The summed E-state index contributed by atoms with van der Waals surface area (Å²) in [6.07, 6.45) is 1.62. The molecule has 1 amide bonds. The van der Waals surface area contributed by atoms with Gasteiger partial charge in [-0.15, -0.1) is 0 Å². The lowest BCUT2D eigenvalue weighted by molar-refractivity contribution is -0.123. The second-order valence-corrected chi connectivity index (χ2v) is 8.77. The Balaban J connectivity index is 1.90. The van der Waals surface area contributed by atoms with Crippen molar-refractivity contribution in [3.63, 3.8) is 0 Å². The van der Waals surface area contributed by atoms with Crippen LogP contribution in [-0.4, -0.2) is 41.7 Å². The highest BCUT2D eigenvalue weighted by Gasteiger charge is 2.16. The van der Waals surface area contributed by atoms with Crippen molar-refractivity contribution < 1.29 is 27.4 Å². The maximum absolute atomic E-state index is 12.3. The van der Waals surface area contributed by atoms with Gasteiger partial charge in [0.05, 0.1) is 24.1 Å². The fourth-order valence-corrected chi connectivity index (χ4v) is 4.02. The predicted octanol–water partition coefficient (Wildman–Crippen LogP) is 3.13. The van der Waals surface area contributed by atoms with Crippen molar-refractivity contribution in [2.75, 3.05) is 27.4 Å². The van der Waals surface area contributed by atoms with Gasteiger partial charge in [-0.2, -0.15) is 0 Å². The van der Waals surface area contributed by atoms with Gasteiger partial charge in [0, 0.05) is 13.1 Å². The van der Waals surface area contributed by atoms with Gasteiger partial charge in [-0.1, -0.05) is 31.0 Å². The van der Waals surface area contributed by atoms with E-state index in [-0.39, 0.29) is 34.7 Å². The Hall–Kier alpha value is -2.49. The van der Waals surface area contributed by atoms with E-state index in [4.69, 9.17) is 25.8 Å². The van der Waals surface area contributed by atoms with Crippen LogP contribution in [0.25, 0.3) is 0 Å². The number of ether oxygens (including phenoxy) is 3. The molecule has 2 N–H and O–H groups in total. The molecule has 0 aromatic heterocycles. The van der Waals surface area contributed by atoms with Crippen molar-refractivity contribution in [3.8, 4) is 17.2 Å². The number of methoxy groups -OCH3 is 2. The molecule has 0 saturated carbocycles. The summed E-state index contributed by atoms with van der Waals surface area (Å²) in [6.45, 7) is 2.33. The van der Waals surface area contributed by atoms with Crippen molar-refractivity contribution >= 4 is 27.5 Å². The minimum absolute atomic E-state index is 0.0406. The zero-order valence-corrected chi connectivity index (χ0v) is 19.3. The van der Waals surface area contributed by atoms with E-state index < -0.39 is 10.0 Å². The number of unbranched alkanes of at least 4 members (excludes halogenated alkanes) is 1. The zero-order chi connectivity index (χ0) is 22.9. The summed E-state index contributed by atoms with van der Waals surface area (Å²) < 4.78 is 42.9. The van der Waals surface area contributed by atoms with Gasteiger partial charge in [0.25, 0.3) is 5.91 Å². The van der Waals surface area contributed by atoms with Gasteiger partial charge in [0.2, 0.25) is 10.0 Å². The van der Waals surface area contributed by atoms with Gasteiger partial charge in [-0.05, 0) is 42.3 Å². The number of amides is 1. The second kappa shape index (κ2) is 11.8. The number of carbonyl (C=O) groups is 1.